The lowest BCUT2D eigenvalue weighted by Gasteiger charge is -2.20. The molecule has 0 bridgehead atoms. The molecule has 2 rings (SSSR count). The van der Waals surface area contributed by atoms with Gasteiger partial charge in [-0.15, -0.1) is 0 Å². The maximum absolute atomic E-state index is 5.71. The molecule has 2 aromatic heterocycles. The molecule has 0 aliphatic carbocycles. The summed E-state index contributed by atoms with van der Waals surface area (Å²) in [4.78, 5) is 8.20. The van der Waals surface area contributed by atoms with E-state index in [0.717, 1.165) is 30.8 Å². The second-order valence-corrected chi connectivity index (χ2v) is 4.72. The lowest BCUT2D eigenvalue weighted by Crippen LogP contribution is -2.23. The molecule has 0 amide bonds. The summed E-state index contributed by atoms with van der Waals surface area (Å²) >= 11 is 0. The highest BCUT2D eigenvalue weighted by Crippen LogP contribution is 2.18. The molecule has 0 radical (unpaired) electrons. The van der Waals surface area contributed by atoms with Crippen molar-refractivity contribution in [2.45, 2.75) is 33.3 Å². The molecular formula is C13H20N4O2. The largest absolute Gasteiger partial charge is 0.378 e. The Morgan fingerprint density at radius 3 is 2.95 bits per heavy atom. The minimum absolute atomic E-state index is 0.261. The molecule has 6 heteroatoms. The van der Waals surface area contributed by atoms with Crippen molar-refractivity contribution in [3.8, 4) is 0 Å². The molecule has 6 nitrogen and oxygen atoms in total. The van der Waals surface area contributed by atoms with E-state index >= 15 is 0 Å². The Balaban J connectivity index is 1.93. The molecule has 1 N–H and O–H groups in total. The SMILES string of the molecule is CCO[C@@H](CCNc1ncnc2oncc12)C(C)C. The van der Waals surface area contributed by atoms with Crippen molar-refractivity contribution >= 4 is 16.9 Å². The predicted octanol–water partition coefficient (Wildman–Crippen LogP) is 2.48. The Morgan fingerprint density at radius 2 is 2.21 bits per heavy atom. The molecule has 2 aromatic rings. The normalized spacial score (nSPS) is 13.1. The number of aromatic nitrogens is 3. The number of fused-ring (bicyclic) bond motifs is 1. The summed E-state index contributed by atoms with van der Waals surface area (Å²) in [5.41, 5.74) is 0.503. The Hall–Kier alpha value is -1.69. The topological polar surface area (TPSA) is 73.1 Å². The van der Waals surface area contributed by atoms with Gasteiger partial charge in [0.25, 0.3) is 5.71 Å². The van der Waals surface area contributed by atoms with Crippen LogP contribution in [0.1, 0.15) is 27.2 Å². The molecule has 0 saturated carbocycles. The van der Waals surface area contributed by atoms with E-state index in [1.165, 1.54) is 6.33 Å². The summed E-state index contributed by atoms with van der Waals surface area (Å²) < 4.78 is 10.7. The van der Waals surface area contributed by atoms with Crippen LogP contribution in [0.5, 0.6) is 0 Å². The Labute approximate surface area is 112 Å². The number of hydrogen-bond acceptors (Lipinski definition) is 6. The summed E-state index contributed by atoms with van der Waals surface area (Å²) in [6.07, 6.45) is 4.29. The number of ether oxygens (including phenoxy) is 1. The number of nitrogens with one attached hydrogen (secondary N) is 1. The number of nitrogens with zero attached hydrogens (tertiary/aromatic N) is 3. The maximum Gasteiger partial charge on any atom is 0.262 e. The first-order valence-electron chi connectivity index (χ1n) is 6.63. The summed E-state index contributed by atoms with van der Waals surface area (Å²) in [5.74, 6) is 1.26. The zero-order valence-corrected chi connectivity index (χ0v) is 11.6. The lowest BCUT2D eigenvalue weighted by molar-refractivity contribution is 0.0272. The van der Waals surface area contributed by atoms with Gasteiger partial charge < -0.3 is 14.6 Å². The van der Waals surface area contributed by atoms with Crippen molar-refractivity contribution < 1.29 is 9.26 Å². The van der Waals surface area contributed by atoms with Gasteiger partial charge in [0.15, 0.2) is 0 Å². The van der Waals surface area contributed by atoms with Crippen LogP contribution in [-0.4, -0.2) is 34.4 Å². The summed E-state index contributed by atoms with van der Waals surface area (Å²) in [6.45, 7) is 7.90. The van der Waals surface area contributed by atoms with E-state index < -0.39 is 0 Å². The van der Waals surface area contributed by atoms with E-state index in [1.807, 2.05) is 6.92 Å². The van der Waals surface area contributed by atoms with E-state index in [0.29, 0.717) is 11.6 Å². The van der Waals surface area contributed by atoms with Crippen molar-refractivity contribution in [2.75, 3.05) is 18.5 Å². The number of hydrogen-bond donors (Lipinski definition) is 1. The van der Waals surface area contributed by atoms with Crippen molar-refractivity contribution in [3.05, 3.63) is 12.5 Å². The van der Waals surface area contributed by atoms with Crippen LogP contribution >= 0.6 is 0 Å². The third-order valence-corrected chi connectivity index (χ3v) is 3.01. The van der Waals surface area contributed by atoms with Gasteiger partial charge in [-0.25, -0.2) is 4.98 Å². The first-order chi connectivity index (χ1) is 9.22. The van der Waals surface area contributed by atoms with Crippen LogP contribution in [0.25, 0.3) is 11.1 Å². The molecule has 0 unspecified atom stereocenters. The van der Waals surface area contributed by atoms with Crippen LogP contribution in [-0.2, 0) is 4.74 Å². The Bertz CT molecular complexity index is 512. The fourth-order valence-corrected chi connectivity index (χ4v) is 1.99. The Kier molecular flexibility index (Phi) is 4.68. The fourth-order valence-electron chi connectivity index (χ4n) is 1.99. The van der Waals surface area contributed by atoms with Gasteiger partial charge in [-0.1, -0.05) is 19.0 Å². The smallest absolute Gasteiger partial charge is 0.262 e. The second-order valence-electron chi connectivity index (χ2n) is 4.72. The van der Waals surface area contributed by atoms with Crippen molar-refractivity contribution in [3.63, 3.8) is 0 Å². The number of rotatable bonds is 7. The van der Waals surface area contributed by atoms with Crippen LogP contribution in [0.4, 0.5) is 5.82 Å². The van der Waals surface area contributed by atoms with Gasteiger partial charge in [0.2, 0.25) is 0 Å². The summed E-state index contributed by atoms with van der Waals surface area (Å²) in [7, 11) is 0. The van der Waals surface area contributed by atoms with Crippen molar-refractivity contribution in [1.82, 2.24) is 15.1 Å². The van der Waals surface area contributed by atoms with Crippen molar-refractivity contribution in [1.29, 1.82) is 0 Å². The summed E-state index contributed by atoms with van der Waals surface area (Å²) in [5, 5.41) is 7.81. The maximum atomic E-state index is 5.71. The van der Waals surface area contributed by atoms with Crippen LogP contribution in [0.15, 0.2) is 17.0 Å². The van der Waals surface area contributed by atoms with E-state index in [-0.39, 0.29) is 6.10 Å². The van der Waals surface area contributed by atoms with Crippen LogP contribution < -0.4 is 5.32 Å². The molecule has 0 aliphatic rings. The predicted molar refractivity (Wildman–Crippen MR) is 73.0 cm³/mol. The first kappa shape index (κ1) is 13.7. The van der Waals surface area contributed by atoms with Gasteiger partial charge in [-0.2, -0.15) is 4.98 Å². The van der Waals surface area contributed by atoms with Crippen LogP contribution in [0.2, 0.25) is 0 Å². The minimum atomic E-state index is 0.261. The van der Waals surface area contributed by atoms with E-state index in [1.54, 1.807) is 6.20 Å². The van der Waals surface area contributed by atoms with Crippen LogP contribution in [0, 0.1) is 5.92 Å². The minimum Gasteiger partial charge on any atom is -0.378 e. The number of anilines is 1. The molecule has 0 aromatic carbocycles. The molecule has 1 atom stereocenters. The van der Waals surface area contributed by atoms with E-state index in [9.17, 15) is 0 Å². The third kappa shape index (κ3) is 3.41. The van der Waals surface area contributed by atoms with Gasteiger partial charge in [0.1, 0.15) is 17.5 Å². The van der Waals surface area contributed by atoms with Gasteiger partial charge in [0, 0.05) is 13.2 Å². The van der Waals surface area contributed by atoms with Gasteiger partial charge in [0.05, 0.1) is 12.3 Å². The van der Waals surface area contributed by atoms with Gasteiger partial charge in [-0.3, -0.25) is 0 Å². The molecule has 0 saturated heterocycles. The van der Waals surface area contributed by atoms with Gasteiger partial charge in [-0.05, 0) is 19.3 Å². The fraction of sp³-hybridized carbons (Fsp3) is 0.615. The summed E-state index contributed by atoms with van der Waals surface area (Å²) in [6, 6.07) is 0. The monoisotopic (exact) mass is 264 g/mol. The lowest BCUT2D eigenvalue weighted by atomic mass is 10.0. The standard InChI is InChI=1S/C13H20N4O2/c1-4-18-11(9(2)3)5-6-14-12-10-7-17-19-13(10)16-8-15-12/h7-9,11H,4-6H2,1-3H3,(H,14,15,16)/t11-/m0/s1. The average molecular weight is 264 g/mol. The van der Waals surface area contributed by atoms with Crippen LogP contribution in [0.3, 0.4) is 0 Å². The zero-order chi connectivity index (χ0) is 13.7. The molecule has 0 aliphatic heterocycles. The highest BCUT2D eigenvalue weighted by atomic mass is 16.5. The highest BCUT2D eigenvalue weighted by Gasteiger charge is 2.13. The highest BCUT2D eigenvalue weighted by molar-refractivity contribution is 5.83. The quantitative estimate of drug-likeness (QED) is 0.828. The van der Waals surface area contributed by atoms with Gasteiger partial charge >= 0.3 is 0 Å². The van der Waals surface area contributed by atoms with E-state index in [2.05, 4.69) is 34.3 Å². The molecule has 19 heavy (non-hydrogen) atoms. The second kappa shape index (κ2) is 6.47. The molecule has 2 heterocycles. The van der Waals surface area contributed by atoms with E-state index in [4.69, 9.17) is 9.26 Å². The zero-order valence-electron chi connectivity index (χ0n) is 11.6. The molecule has 0 fully saturated rings. The molecule has 104 valence electrons. The molecular weight excluding hydrogens is 244 g/mol. The third-order valence-electron chi connectivity index (χ3n) is 3.01. The van der Waals surface area contributed by atoms with Crippen molar-refractivity contribution in [2.24, 2.45) is 5.92 Å². The molecule has 0 spiro atoms. The Morgan fingerprint density at radius 1 is 1.37 bits per heavy atom. The average Bonchev–Trinajstić information content (AvgIpc) is 2.86. The first-order valence-corrected chi connectivity index (χ1v) is 6.63.